The monoisotopic (exact) mass is 652 g/mol. The van der Waals surface area contributed by atoms with E-state index in [9.17, 15) is 19.2 Å². The molecule has 2 aliphatic rings. The van der Waals surface area contributed by atoms with Crippen molar-refractivity contribution < 1.29 is 31.5 Å². The fourth-order valence-corrected chi connectivity index (χ4v) is 9.13. The summed E-state index contributed by atoms with van der Waals surface area (Å²) >= 11 is -6.11. The van der Waals surface area contributed by atoms with E-state index in [0.29, 0.717) is 22.3 Å². The molecule has 0 N–H and O–H groups in total. The first-order valence-corrected chi connectivity index (χ1v) is 17.3. The van der Waals surface area contributed by atoms with Gasteiger partial charge in [0.1, 0.15) is 0 Å². The molecule has 8 nitrogen and oxygen atoms in total. The summed E-state index contributed by atoms with van der Waals surface area (Å²) in [7, 11) is 0. The van der Waals surface area contributed by atoms with Crippen LogP contribution >= 0.6 is 0 Å². The van der Waals surface area contributed by atoms with Gasteiger partial charge in [-0.25, -0.2) is 0 Å². The summed E-state index contributed by atoms with van der Waals surface area (Å²) in [5, 5.41) is 0. The van der Waals surface area contributed by atoms with Crippen LogP contribution in [0.25, 0.3) is 22.3 Å². The fourth-order valence-electron chi connectivity index (χ4n) is 4.66. The van der Waals surface area contributed by atoms with Crippen molar-refractivity contribution in [1.82, 2.24) is 0 Å². The van der Waals surface area contributed by atoms with E-state index in [1.54, 1.807) is 121 Å². The van der Waals surface area contributed by atoms with Gasteiger partial charge < -0.3 is 0 Å². The predicted octanol–water partition coefficient (Wildman–Crippen LogP) is 4.84. The van der Waals surface area contributed by atoms with Crippen LogP contribution in [0.2, 0.25) is 0 Å². The molecule has 0 bridgehead atoms. The topological polar surface area (TPSA) is 105 Å². The maximum atomic E-state index is 13.8. The van der Waals surface area contributed by atoms with Crippen molar-refractivity contribution in [2.45, 2.75) is 0 Å². The molecule has 0 saturated heterocycles. The predicted molar refractivity (Wildman–Crippen MR) is 150 cm³/mol. The van der Waals surface area contributed by atoms with Crippen molar-refractivity contribution in [3.63, 3.8) is 0 Å². The molecule has 2 aliphatic heterocycles. The summed E-state index contributed by atoms with van der Waals surface area (Å²) in [4.78, 5) is 55.2. The summed E-state index contributed by atoms with van der Waals surface area (Å²) < 4.78 is 22.7. The van der Waals surface area contributed by atoms with Crippen LogP contribution < -0.4 is 0 Å². The fraction of sp³-hybridized carbons (Fsp3) is 0. The first kappa shape index (κ1) is 26.3. The molecule has 0 amide bonds. The molecule has 0 aromatic heterocycles. The van der Waals surface area contributed by atoms with Gasteiger partial charge in [-0.15, -0.1) is 0 Å². The molecule has 6 rings (SSSR count). The Morgan fingerprint density at radius 1 is 0.317 bits per heavy atom. The van der Waals surface area contributed by atoms with E-state index in [1.165, 1.54) is 0 Å². The standard InChI is InChI=1S/2C16H12O4.Sn/c2*17-15(18)13(11-7-3-1-4-8-11)14(16(19)20)12-9-5-2-6-10-12;/h2*1-10H,(H,17,18)(H,19,20);/q;;+4/p-4. The maximum absolute atomic E-state index is 13.8. The minimum absolute atomic E-state index is 0.105. The first-order chi connectivity index (χ1) is 20.0. The molecule has 4 aromatic carbocycles. The average Bonchev–Trinajstić information content (AvgIpc) is 3.17. The van der Waals surface area contributed by atoms with Crippen LogP contribution in [0.5, 0.6) is 0 Å². The van der Waals surface area contributed by atoms with Gasteiger partial charge in [0.05, 0.1) is 0 Å². The number of benzene rings is 4. The van der Waals surface area contributed by atoms with Crippen LogP contribution in [-0.2, 0) is 31.5 Å². The van der Waals surface area contributed by atoms with Gasteiger partial charge in [0.2, 0.25) is 0 Å². The van der Waals surface area contributed by atoms with E-state index in [2.05, 4.69) is 0 Å². The Bertz CT molecular complexity index is 1470. The van der Waals surface area contributed by atoms with Gasteiger partial charge in [-0.2, -0.15) is 0 Å². The Balaban J connectivity index is 1.49. The normalized spacial score (nSPS) is 16.8. The van der Waals surface area contributed by atoms with Crippen molar-refractivity contribution in [2.24, 2.45) is 0 Å². The molecule has 0 fully saturated rings. The van der Waals surface area contributed by atoms with Crippen LogP contribution in [0.3, 0.4) is 0 Å². The average molecular weight is 651 g/mol. The zero-order valence-electron chi connectivity index (χ0n) is 21.3. The Morgan fingerprint density at radius 3 is 0.707 bits per heavy atom. The zero-order valence-corrected chi connectivity index (χ0v) is 24.2. The van der Waals surface area contributed by atoms with Gasteiger partial charge >= 0.3 is 241 Å². The summed E-state index contributed by atoms with van der Waals surface area (Å²) in [6.45, 7) is 0. The molecule has 1 spiro atoms. The van der Waals surface area contributed by atoms with Crippen LogP contribution in [0, 0.1) is 0 Å². The van der Waals surface area contributed by atoms with Crippen molar-refractivity contribution in [1.29, 1.82) is 0 Å². The van der Waals surface area contributed by atoms with Gasteiger partial charge in [0.25, 0.3) is 0 Å². The summed E-state index contributed by atoms with van der Waals surface area (Å²) in [6, 6.07) is 33.6. The van der Waals surface area contributed by atoms with E-state index in [1.807, 2.05) is 0 Å². The SMILES string of the molecule is O=C1[O][Sn]2([O]C(=O)C(c3ccccc3)=C1c1ccccc1)[O]C(=O)C(c1ccccc1)=C(c1ccccc1)C(=O)[O]2. The second-order valence-electron chi connectivity index (χ2n) is 9.02. The minimum atomic E-state index is -6.11. The molecule has 0 atom stereocenters. The van der Waals surface area contributed by atoms with Gasteiger partial charge in [-0.3, -0.25) is 0 Å². The van der Waals surface area contributed by atoms with Gasteiger partial charge in [0, 0.05) is 0 Å². The number of carbonyl (C=O) groups excluding carboxylic acids is 4. The number of hydrogen-bond acceptors (Lipinski definition) is 8. The van der Waals surface area contributed by atoms with Crippen LogP contribution in [-0.4, -0.2) is 43.9 Å². The van der Waals surface area contributed by atoms with E-state index in [4.69, 9.17) is 12.3 Å². The number of hydrogen-bond donors (Lipinski definition) is 0. The van der Waals surface area contributed by atoms with Gasteiger partial charge in [0.15, 0.2) is 0 Å². The zero-order chi connectivity index (χ0) is 28.4. The summed E-state index contributed by atoms with van der Waals surface area (Å²) in [5.74, 6) is -4.05. The third kappa shape index (κ3) is 5.05. The molecular formula is C32H20O8Sn. The van der Waals surface area contributed by atoms with Crippen molar-refractivity contribution in [3.05, 3.63) is 144 Å². The van der Waals surface area contributed by atoms with Crippen molar-refractivity contribution in [2.75, 3.05) is 0 Å². The Kier molecular flexibility index (Phi) is 6.98. The van der Waals surface area contributed by atoms with E-state index in [0.717, 1.165) is 0 Å². The summed E-state index contributed by atoms with van der Waals surface area (Å²) in [5.41, 5.74) is 1.06. The molecular weight excluding hydrogens is 631 g/mol. The van der Waals surface area contributed by atoms with Crippen LogP contribution in [0.4, 0.5) is 0 Å². The number of carbonyl (C=O) groups is 4. The second-order valence-corrected chi connectivity index (χ2v) is 14.2. The Labute approximate surface area is 240 Å². The van der Waals surface area contributed by atoms with E-state index >= 15 is 0 Å². The third-order valence-corrected chi connectivity index (χ3v) is 11.4. The summed E-state index contributed by atoms with van der Waals surface area (Å²) in [6.07, 6.45) is 0. The molecule has 0 radical (unpaired) electrons. The molecule has 4 aromatic rings. The quantitative estimate of drug-likeness (QED) is 0.289. The molecule has 0 saturated carbocycles. The number of rotatable bonds is 4. The molecule has 9 heteroatoms. The van der Waals surface area contributed by atoms with E-state index < -0.39 is 43.9 Å². The third-order valence-electron chi connectivity index (χ3n) is 6.44. The van der Waals surface area contributed by atoms with E-state index in [-0.39, 0.29) is 22.3 Å². The molecule has 41 heavy (non-hydrogen) atoms. The second kappa shape index (κ2) is 10.9. The molecule has 2 heterocycles. The Morgan fingerprint density at radius 2 is 0.512 bits per heavy atom. The van der Waals surface area contributed by atoms with Gasteiger partial charge in [-0.1, -0.05) is 0 Å². The first-order valence-electron chi connectivity index (χ1n) is 12.6. The molecule has 0 unspecified atom stereocenters. The Hall–Kier alpha value is -4.96. The van der Waals surface area contributed by atoms with Crippen molar-refractivity contribution in [3.8, 4) is 0 Å². The molecule has 200 valence electrons. The van der Waals surface area contributed by atoms with Crippen LogP contribution in [0.1, 0.15) is 22.3 Å². The van der Waals surface area contributed by atoms with Gasteiger partial charge in [-0.05, 0) is 0 Å². The van der Waals surface area contributed by atoms with Crippen molar-refractivity contribution >= 4 is 66.2 Å². The molecule has 0 aliphatic carbocycles. The van der Waals surface area contributed by atoms with Crippen LogP contribution in [0.15, 0.2) is 121 Å².